The molecule has 1 atom stereocenters. The molecule has 1 aromatic heterocycles. The van der Waals surface area contributed by atoms with Crippen LogP contribution in [0.5, 0.6) is 5.75 Å². The molecule has 1 heterocycles. The Kier molecular flexibility index (Phi) is 6.03. The second kappa shape index (κ2) is 9.03. The number of rotatable bonds is 8. The maximum atomic E-state index is 13.4. The molecule has 0 aliphatic heterocycles. The van der Waals surface area contributed by atoms with E-state index in [1.165, 1.54) is 0 Å². The minimum atomic E-state index is -0.652. The van der Waals surface area contributed by atoms with Gasteiger partial charge in [-0.15, -0.1) is 11.3 Å². The van der Waals surface area contributed by atoms with E-state index in [0.717, 1.165) is 32.0 Å². The van der Waals surface area contributed by atoms with Crippen LogP contribution in [0.15, 0.2) is 72.8 Å². The summed E-state index contributed by atoms with van der Waals surface area (Å²) in [5.41, 5.74) is 9.41. The van der Waals surface area contributed by atoms with E-state index in [9.17, 15) is 4.39 Å². The van der Waals surface area contributed by atoms with Gasteiger partial charge in [0.15, 0.2) is 6.10 Å². The highest BCUT2D eigenvalue weighted by Gasteiger charge is 2.13. The van der Waals surface area contributed by atoms with E-state index in [0.29, 0.717) is 12.4 Å². The zero-order valence-electron chi connectivity index (χ0n) is 15.8. The molecule has 29 heavy (non-hydrogen) atoms. The van der Waals surface area contributed by atoms with Crippen LogP contribution in [0, 0.1) is 0 Å². The molecule has 0 fully saturated rings. The number of anilines is 1. The van der Waals surface area contributed by atoms with Crippen LogP contribution in [0.2, 0.25) is 0 Å². The largest absolute Gasteiger partial charge is 0.485 e. The van der Waals surface area contributed by atoms with Gasteiger partial charge in [-0.2, -0.15) is 0 Å². The molecule has 0 aliphatic rings. The van der Waals surface area contributed by atoms with E-state index in [-0.39, 0.29) is 6.61 Å². The second-order valence-corrected chi connectivity index (χ2v) is 7.70. The summed E-state index contributed by atoms with van der Waals surface area (Å²) in [6, 6.07) is 23.0. The maximum Gasteiger partial charge on any atom is 0.150 e. The normalized spacial score (nSPS) is 12.2. The van der Waals surface area contributed by atoms with Gasteiger partial charge in [-0.3, -0.25) is 0 Å². The smallest absolute Gasteiger partial charge is 0.150 e. The lowest BCUT2D eigenvalue weighted by Gasteiger charge is -2.16. The molecule has 0 spiro atoms. The number of fused-ring (bicyclic) bond motifs is 1. The molecule has 4 rings (SSSR count). The standard InChI is InChI=1S/C23H21FN2O2S/c24-13-20(15-27-14-16-4-2-1-3-5-16)28-19-10-11-21-22(12-19)29-23(26-21)17-6-8-18(25)9-7-17/h1-12,20H,13-15,25H2. The summed E-state index contributed by atoms with van der Waals surface area (Å²) in [4.78, 5) is 4.66. The van der Waals surface area contributed by atoms with Crippen LogP contribution in [-0.2, 0) is 11.3 Å². The number of ether oxygens (including phenoxy) is 2. The van der Waals surface area contributed by atoms with E-state index in [4.69, 9.17) is 15.2 Å². The summed E-state index contributed by atoms with van der Waals surface area (Å²) >= 11 is 1.56. The molecular formula is C23H21FN2O2S. The zero-order chi connectivity index (χ0) is 20.1. The molecule has 3 aromatic carbocycles. The van der Waals surface area contributed by atoms with E-state index in [2.05, 4.69) is 4.98 Å². The molecule has 0 radical (unpaired) electrons. The van der Waals surface area contributed by atoms with Gasteiger partial charge in [-0.1, -0.05) is 30.3 Å². The van der Waals surface area contributed by atoms with Gasteiger partial charge in [-0.25, -0.2) is 9.37 Å². The Morgan fingerprint density at radius 3 is 2.55 bits per heavy atom. The number of alkyl halides is 1. The Morgan fingerprint density at radius 2 is 1.79 bits per heavy atom. The second-order valence-electron chi connectivity index (χ2n) is 6.67. The number of halogens is 1. The van der Waals surface area contributed by atoms with Crippen LogP contribution in [0.4, 0.5) is 10.1 Å². The number of aromatic nitrogens is 1. The molecule has 0 aliphatic carbocycles. The SMILES string of the molecule is Nc1ccc(-c2nc3ccc(OC(CF)COCc4ccccc4)cc3s2)cc1. The van der Waals surface area contributed by atoms with Crippen molar-refractivity contribution in [2.75, 3.05) is 19.0 Å². The Bertz CT molecular complexity index is 1070. The molecule has 4 nitrogen and oxygen atoms in total. The molecule has 4 aromatic rings. The minimum Gasteiger partial charge on any atom is -0.485 e. The number of nitrogens with zero attached hydrogens (tertiary/aromatic N) is 1. The Balaban J connectivity index is 1.42. The van der Waals surface area contributed by atoms with Gasteiger partial charge in [0.1, 0.15) is 17.4 Å². The summed E-state index contributed by atoms with van der Waals surface area (Å²) in [5, 5.41) is 0.908. The topological polar surface area (TPSA) is 57.4 Å². The first-order valence-electron chi connectivity index (χ1n) is 9.32. The first-order valence-corrected chi connectivity index (χ1v) is 10.1. The van der Waals surface area contributed by atoms with Gasteiger partial charge >= 0.3 is 0 Å². The third-order valence-electron chi connectivity index (χ3n) is 4.41. The van der Waals surface area contributed by atoms with Gasteiger partial charge in [0.05, 0.1) is 23.4 Å². The van der Waals surface area contributed by atoms with Crippen molar-refractivity contribution in [3.05, 3.63) is 78.4 Å². The van der Waals surface area contributed by atoms with E-state index in [1.807, 2.05) is 72.8 Å². The molecule has 148 valence electrons. The summed E-state index contributed by atoms with van der Waals surface area (Å²) < 4.78 is 25.8. The molecule has 2 N–H and O–H groups in total. The lowest BCUT2D eigenvalue weighted by molar-refractivity contribution is 0.0298. The summed E-state index contributed by atoms with van der Waals surface area (Å²) in [6.45, 7) is -0.00541. The number of nitrogens with two attached hydrogens (primary N) is 1. The highest BCUT2D eigenvalue weighted by molar-refractivity contribution is 7.21. The predicted octanol–water partition coefficient (Wildman–Crippen LogP) is 5.48. The van der Waals surface area contributed by atoms with Crippen LogP contribution >= 0.6 is 11.3 Å². The van der Waals surface area contributed by atoms with Crippen molar-refractivity contribution in [3.63, 3.8) is 0 Å². The first kappa shape index (κ1) is 19.4. The number of hydrogen-bond donors (Lipinski definition) is 1. The number of hydrogen-bond acceptors (Lipinski definition) is 5. The Morgan fingerprint density at radius 1 is 1.00 bits per heavy atom. The Labute approximate surface area is 172 Å². The van der Waals surface area contributed by atoms with E-state index >= 15 is 0 Å². The fourth-order valence-corrected chi connectivity index (χ4v) is 3.91. The fourth-order valence-electron chi connectivity index (χ4n) is 2.91. The predicted molar refractivity (Wildman–Crippen MR) is 116 cm³/mol. The summed E-state index contributed by atoms with van der Waals surface area (Å²) in [7, 11) is 0. The number of benzene rings is 3. The summed E-state index contributed by atoms with van der Waals surface area (Å²) in [6.07, 6.45) is -0.652. The zero-order valence-corrected chi connectivity index (χ0v) is 16.6. The number of thiazole rings is 1. The van der Waals surface area contributed by atoms with Crippen molar-refractivity contribution >= 4 is 27.2 Å². The van der Waals surface area contributed by atoms with Gasteiger partial charge in [0.2, 0.25) is 0 Å². The van der Waals surface area contributed by atoms with Crippen molar-refractivity contribution in [2.45, 2.75) is 12.7 Å². The highest BCUT2D eigenvalue weighted by atomic mass is 32.1. The van der Waals surface area contributed by atoms with Crippen molar-refractivity contribution in [1.29, 1.82) is 0 Å². The maximum absolute atomic E-state index is 13.4. The number of nitrogen functional groups attached to an aromatic ring is 1. The van der Waals surface area contributed by atoms with Crippen molar-refractivity contribution in [2.24, 2.45) is 0 Å². The average Bonchev–Trinajstić information content (AvgIpc) is 3.17. The van der Waals surface area contributed by atoms with Crippen molar-refractivity contribution in [1.82, 2.24) is 4.98 Å². The van der Waals surface area contributed by atoms with E-state index in [1.54, 1.807) is 11.3 Å². The average molecular weight is 408 g/mol. The fraction of sp³-hybridized carbons (Fsp3) is 0.174. The molecular weight excluding hydrogens is 387 g/mol. The quantitative estimate of drug-likeness (QED) is 0.392. The third kappa shape index (κ3) is 4.91. The lowest BCUT2D eigenvalue weighted by Crippen LogP contribution is -2.25. The monoisotopic (exact) mass is 408 g/mol. The van der Waals surface area contributed by atoms with Gasteiger partial charge in [0, 0.05) is 11.3 Å². The van der Waals surface area contributed by atoms with Gasteiger partial charge < -0.3 is 15.2 Å². The molecule has 1 unspecified atom stereocenters. The molecule has 6 heteroatoms. The van der Waals surface area contributed by atoms with Crippen LogP contribution in [0.25, 0.3) is 20.8 Å². The Hall–Kier alpha value is -2.96. The molecule has 0 bridgehead atoms. The highest BCUT2D eigenvalue weighted by Crippen LogP contribution is 2.32. The summed E-state index contributed by atoms with van der Waals surface area (Å²) in [5.74, 6) is 0.607. The molecule has 0 amide bonds. The van der Waals surface area contributed by atoms with Gasteiger partial charge in [-0.05, 0) is 48.0 Å². The molecule has 0 saturated carbocycles. The molecule has 0 saturated heterocycles. The van der Waals surface area contributed by atoms with E-state index < -0.39 is 12.8 Å². The minimum absolute atomic E-state index is 0.183. The van der Waals surface area contributed by atoms with Crippen LogP contribution in [0.3, 0.4) is 0 Å². The lowest BCUT2D eigenvalue weighted by atomic mass is 10.2. The third-order valence-corrected chi connectivity index (χ3v) is 5.47. The van der Waals surface area contributed by atoms with Crippen LogP contribution < -0.4 is 10.5 Å². The first-order chi connectivity index (χ1) is 14.2. The van der Waals surface area contributed by atoms with Gasteiger partial charge in [0.25, 0.3) is 0 Å². The van der Waals surface area contributed by atoms with Crippen molar-refractivity contribution < 1.29 is 13.9 Å². The van der Waals surface area contributed by atoms with Crippen molar-refractivity contribution in [3.8, 4) is 16.3 Å². The van der Waals surface area contributed by atoms with Crippen LogP contribution in [0.1, 0.15) is 5.56 Å². The van der Waals surface area contributed by atoms with Crippen LogP contribution in [-0.4, -0.2) is 24.4 Å².